The van der Waals surface area contributed by atoms with Gasteiger partial charge in [-0.2, -0.15) is 5.09 Å². The van der Waals surface area contributed by atoms with Crippen molar-refractivity contribution in [3.63, 3.8) is 0 Å². The number of nitrogens with zero attached hydrogens (tertiary/aromatic N) is 4. The Hall–Kier alpha value is -4.80. The largest absolute Gasteiger partial charge is 0.462 e. The van der Waals surface area contributed by atoms with Gasteiger partial charge in [-0.15, -0.1) is 0 Å². The highest BCUT2D eigenvalue weighted by Crippen LogP contribution is 2.47. The zero-order valence-electron chi connectivity index (χ0n) is 27.5. The van der Waals surface area contributed by atoms with E-state index in [1.54, 1.807) is 44.3 Å². The van der Waals surface area contributed by atoms with E-state index in [0.29, 0.717) is 10.9 Å². The van der Waals surface area contributed by atoms with Gasteiger partial charge in [0.2, 0.25) is 12.2 Å². The lowest BCUT2D eigenvalue weighted by Crippen LogP contribution is -2.67. The first-order chi connectivity index (χ1) is 23.1. The van der Waals surface area contributed by atoms with Crippen LogP contribution in [0.4, 0.5) is 0 Å². The zero-order valence-corrected chi connectivity index (χ0v) is 28.4. The van der Waals surface area contributed by atoms with E-state index in [2.05, 4.69) is 25.4 Å². The van der Waals surface area contributed by atoms with Gasteiger partial charge in [0.25, 0.3) is 0 Å². The molecule has 20 heteroatoms. The van der Waals surface area contributed by atoms with Crippen LogP contribution in [0.3, 0.4) is 0 Å². The fourth-order valence-electron chi connectivity index (χ4n) is 4.62. The molecule has 0 spiro atoms. The second-order valence-corrected chi connectivity index (χ2v) is 12.5. The van der Waals surface area contributed by atoms with Gasteiger partial charge in [0, 0.05) is 37.3 Å². The normalized spacial score (nSPS) is 22.1. The second kappa shape index (κ2) is 17.6. The van der Waals surface area contributed by atoms with Gasteiger partial charge in [-0.3, -0.25) is 33.5 Å². The molecule has 2 aromatic rings. The molecule has 3 rings (SSSR count). The Balaban J connectivity index is 2.03. The molecule has 1 aromatic heterocycles. The van der Waals surface area contributed by atoms with Crippen molar-refractivity contribution in [3.05, 3.63) is 47.0 Å². The number of ether oxygens (including phenoxy) is 5. The molecule has 0 radical (unpaired) electrons. The zero-order chi connectivity index (χ0) is 36.3. The summed E-state index contributed by atoms with van der Waals surface area (Å²) in [5.74, 6) is -4.26. The molecule has 266 valence electrons. The average Bonchev–Trinajstić information content (AvgIpc) is 3.01. The molecule has 2 unspecified atom stereocenters. The molecule has 1 aliphatic rings. The number of carbonyl (C=O) groups excluding carboxylic acids is 5. The molecule has 19 nitrogen and oxygen atoms in total. The minimum absolute atomic E-state index is 0.0605. The van der Waals surface area contributed by atoms with E-state index in [1.165, 1.54) is 13.0 Å². The van der Waals surface area contributed by atoms with Gasteiger partial charge in [0.05, 0.1) is 18.2 Å². The van der Waals surface area contributed by atoms with Crippen LogP contribution in [0, 0.1) is 0 Å². The minimum Gasteiger partial charge on any atom is -0.462 e. The molecule has 7 atom stereocenters. The monoisotopic (exact) mass is 708 g/mol. The molecule has 1 aromatic carbocycles. The number of hydrogen-bond donors (Lipinski definition) is 2. The van der Waals surface area contributed by atoms with Gasteiger partial charge in [0.1, 0.15) is 30.5 Å². The number of azide groups is 1. The van der Waals surface area contributed by atoms with Crippen molar-refractivity contribution in [2.75, 3.05) is 13.2 Å². The first-order valence-corrected chi connectivity index (χ1v) is 16.4. The number of amides is 1. The van der Waals surface area contributed by atoms with Crippen LogP contribution in [0.15, 0.2) is 41.6 Å². The van der Waals surface area contributed by atoms with E-state index >= 15 is 0 Å². The van der Waals surface area contributed by atoms with Crippen LogP contribution in [0.25, 0.3) is 21.3 Å². The Morgan fingerprint density at radius 3 is 2.31 bits per heavy atom. The Kier molecular flexibility index (Phi) is 13.8. The fourth-order valence-corrected chi connectivity index (χ4v) is 6.14. The summed E-state index contributed by atoms with van der Waals surface area (Å²) in [6.07, 6.45) is -5.31. The number of pyridine rings is 1. The predicted octanol–water partition coefficient (Wildman–Crippen LogP) is 2.61. The molecule has 2 N–H and O–H groups in total. The Morgan fingerprint density at radius 1 is 1.00 bits per heavy atom. The Bertz CT molecular complexity index is 1630. The van der Waals surface area contributed by atoms with Crippen LogP contribution in [0.5, 0.6) is 5.75 Å². The number of rotatable bonds is 15. The maximum Gasteiger partial charge on any atom is 0.459 e. The highest BCUT2D eigenvalue weighted by atomic mass is 31.2. The van der Waals surface area contributed by atoms with Crippen molar-refractivity contribution in [1.82, 2.24) is 15.4 Å². The van der Waals surface area contributed by atoms with Crippen LogP contribution in [-0.4, -0.2) is 90.7 Å². The van der Waals surface area contributed by atoms with Crippen LogP contribution < -0.4 is 14.9 Å². The highest BCUT2D eigenvalue weighted by Gasteiger charge is 2.52. The van der Waals surface area contributed by atoms with Gasteiger partial charge in [0.15, 0.2) is 12.2 Å². The number of aromatic nitrogens is 1. The predicted molar refractivity (Wildman–Crippen MR) is 167 cm³/mol. The van der Waals surface area contributed by atoms with E-state index < -0.39 is 93.5 Å². The summed E-state index contributed by atoms with van der Waals surface area (Å²) >= 11 is 0. The molecule has 1 saturated heterocycles. The molecule has 1 aliphatic heterocycles. The molecule has 0 saturated carbocycles. The van der Waals surface area contributed by atoms with E-state index in [9.17, 15) is 28.5 Å². The summed E-state index contributed by atoms with van der Waals surface area (Å²) in [4.78, 5) is 68.5. The van der Waals surface area contributed by atoms with Gasteiger partial charge >= 0.3 is 31.6 Å². The van der Waals surface area contributed by atoms with E-state index in [-0.39, 0.29) is 5.75 Å². The van der Waals surface area contributed by atoms with Gasteiger partial charge < -0.3 is 33.5 Å². The maximum atomic E-state index is 14.4. The fraction of sp³-hybridized carbons (Fsp3) is 0.517. The average molecular weight is 709 g/mol. The van der Waals surface area contributed by atoms with Crippen molar-refractivity contribution in [2.24, 2.45) is 5.11 Å². The number of benzene rings is 1. The topological polar surface area (TPSA) is 253 Å². The molecule has 1 amide bonds. The van der Waals surface area contributed by atoms with Crippen molar-refractivity contribution < 1.29 is 61.3 Å². The number of esters is 4. The molecule has 0 bridgehead atoms. The van der Waals surface area contributed by atoms with Gasteiger partial charge in [-0.25, -0.2) is 4.57 Å². The third-order valence-electron chi connectivity index (χ3n) is 6.43. The summed E-state index contributed by atoms with van der Waals surface area (Å²) in [5.41, 5.74) is 9.10. The van der Waals surface area contributed by atoms with Gasteiger partial charge in [-0.1, -0.05) is 11.2 Å². The summed E-state index contributed by atoms with van der Waals surface area (Å²) in [7, 11) is -4.60. The SMILES string of the molecule is CC(=O)OC1O[C@H](COP(=O)(N[C@@H](C)C(=O)OC(C)C)Oc2cccc3ncccc23)[C@@H](OC(C)=O)[C@H](OC(C)=O)[C@@H]1NC(=O)CN=[N+]=[N-]. The van der Waals surface area contributed by atoms with E-state index in [4.69, 9.17) is 38.3 Å². The summed E-state index contributed by atoms with van der Waals surface area (Å²) in [6, 6.07) is 5.33. The third kappa shape index (κ3) is 11.4. The lowest BCUT2D eigenvalue weighted by Gasteiger charge is -2.44. The summed E-state index contributed by atoms with van der Waals surface area (Å²) < 4.78 is 53.3. The lowest BCUT2D eigenvalue weighted by molar-refractivity contribution is -0.268. The van der Waals surface area contributed by atoms with Crippen LogP contribution in [0.1, 0.15) is 41.5 Å². The second-order valence-electron chi connectivity index (χ2n) is 10.8. The quantitative estimate of drug-likeness (QED) is 0.0673. The Labute approximate surface area is 280 Å². The minimum atomic E-state index is -4.60. The molecular weight excluding hydrogens is 671 g/mol. The lowest BCUT2D eigenvalue weighted by atomic mass is 9.96. The smallest absolute Gasteiger partial charge is 0.459 e. The van der Waals surface area contributed by atoms with Crippen molar-refractivity contribution in [3.8, 4) is 5.75 Å². The third-order valence-corrected chi connectivity index (χ3v) is 8.06. The molecular formula is C29H37N6O13P. The summed E-state index contributed by atoms with van der Waals surface area (Å²) in [5, 5.41) is 8.55. The number of fused-ring (bicyclic) bond motifs is 1. The van der Waals surface area contributed by atoms with E-state index in [1.807, 2.05) is 0 Å². The molecule has 1 fully saturated rings. The van der Waals surface area contributed by atoms with Crippen molar-refractivity contribution in [1.29, 1.82) is 0 Å². The number of carbonyl (C=O) groups is 5. The molecule has 2 heterocycles. The number of nitrogens with one attached hydrogen (secondary N) is 2. The standard InChI is InChI=1S/C29H37N6O13P/c1-15(2)43-28(40)16(3)34-49(41,48-22-11-7-10-21-20(22)9-8-12-31-21)42-14-23-26(44-17(4)36)27(45-18(5)37)25(29(47-23)46-19(6)38)33-24(39)13-32-35-30/h7-12,15-16,23,25-27,29H,13-14H2,1-6H3,(H,33,39)(H,34,41)/t16-,23+,25-,26+,27+,29?,49?/m0/s1. The Morgan fingerprint density at radius 2 is 1.67 bits per heavy atom. The molecule has 0 aliphatic carbocycles. The van der Waals surface area contributed by atoms with Crippen LogP contribution in [-0.2, 0) is 56.7 Å². The van der Waals surface area contributed by atoms with Crippen LogP contribution >= 0.6 is 7.75 Å². The van der Waals surface area contributed by atoms with Gasteiger partial charge in [-0.05, 0) is 50.6 Å². The van der Waals surface area contributed by atoms with Crippen LogP contribution in [0.2, 0.25) is 0 Å². The first kappa shape index (κ1) is 38.6. The molecule has 49 heavy (non-hydrogen) atoms. The maximum absolute atomic E-state index is 14.4. The van der Waals surface area contributed by atoms with Crippen molar-refractivity contribution >= 4 is 48.4 Å². The van der Waals surface area contributed by atoms with E-state index in [0.717, 1.165) is 20.8 Å². The van der Waals surface area contributed by atoms with Crippen molar-refractivity contribution in [2.45, 2.75) is 84.3 Å². The number of hydrogen-bond acceptors (Lipinski definition) is 15. The first-order valence-electron chi connectivity index (χ1n) is 14.9. The summed E-state index contributed by atoms with van der Waals surface area (Å²) in [6.45, 7) is 6.29. The highest BCUT2D eigenvalue weighted by molar-refractivity contribution is 7.52.